The van der Waals surface area contributed by atoms with Gasteiger partial charge in [0.25, 0.3) is 0 Å². The Morgan fingerprint density at radius 3 is 2.95 bits per heavy atom. The maximum atomic E-state index is 3.88. The van der Waals surface area contributed by atoms with Crippen LogP contribution in [0.5, 0.6) is 0 Å². The van der Waals surface area contributed by atoms with E-state index in [2.05, 4.69) is 48.3 Å². The van der Waals surface area contributed by atoms with Crippen LogP contribution in [0.1, 0.15) is 49.8 Å². The van der Waals surface area contributed by atoms with Crippen LogP contribution in [-0.2, 0) is 0 Å². The number of benzene rings is 1. The van der Waals surface area contributed by atoms with E-state index in [9.17, 15) is 0 Å². The summed E-state index contributed by atoms with van der Waals surface area (Å²) in [5.74, 6) is 0. The molecule has 3 rings (SSSR count). The van der Waals surface area contributed by atoms with Crippen molar-refractivity contribution in [3.63, 3.8) is 0 Å². The normalized spacial score (nSPS) is 29.2. The maximum Gasteiger partial charge on any atom is 0.0295 e. The number of rotatable bonds is 3. The van der Waals surface area contributed by atoms with Crippen LogP contribution in [0.4, 0.5) is 0 Å². The van der Waals surface area contributed by atoms with E-state index in [0.717, 1.165) is 6.04 Å². The molecule has 1 N–H and O–H groups in total. The Hall–Kier alpha value is -0.860. The first-order valence-electron chi connectivity index (χ1n) is 7.81. The van der Waals surface area contributed by atoms with E-state index in [1.165, 1.54) is 49.9 Å². The molecule has 0 aliphatic carbocycles. The van der Waals surface area contributed by atoms with Crippen molar-refractivity contribution in [3.05, 3.63) is 35.4 Å². The molecule has 0 saturated carbocycles. The highest BCUT2D eigenvalue weighted by Crippen LogP contribution is 2.28. The molecule has 2 nitrogen and oxygen atoms in total. The minimum Gasteiger partial charge on any atom is -0.306 e. The van der Waals surface area contributed by atoms with Crippen molar-refractivity contribution < 1.29 is 0 Å². The highest BCUT2D eigenvalue weighted by molar-refractivity contribution is 5.24. The van der Waals surface area contributed by atoms with Crippen LogP contribution in [0.3, 0.4) is 0 Å². The van der Waals surface area contributed by atoms with E-state index in [4.69, 9.17) is 0 Å². The molecule has 2 heteroatoms. The second-order valence-electron chi connectivity index (χ2n) is 6.30. The number of aryl methyl sites for hydroxylation is 1. The fourth-order valence-corrected chi connectivity index (χ4v) is 3.80. The molecular weight excluding hydrogens is 232 g/mol. The van der Waals surface area contributed by atoms with E-state index in [-0.39, 0.29) is 0 Å². The highest BCUT2D eigenvalue weighted by Gasteiger charge is 2.35. The molecule has 19 heavy (non-hydrogen) atoms. The van der Waals surface area contributed by atoms with Crippen LogP contribution >= 0.6 is 0 Å². The topological polar surface area (TPSA) is 15.3 Å². The van der Waals surface area contributed by atoms with Crippen molar-refractivity contribution in [2.75, 3.05) is 13.1 Å². The second kappa shape index (κ2) is 5.64. The molecule has 0 aromatic heterocycles. The lowest BCUT2D eigenvalue weighted by Crippen LogP contribution is -2.45. The molecule has 2 aliphatic rings. The van der Waals surface area contributed by atoms with Gasteiger partial charge in [-0.25, -0.2) is 0 Å². The van der Waals surface area contributed by atoms with E-state index in [1.807, 2.05) is 0 Å². The minimum absolute atomic E-state index is 0.465. The molecule has 0 radical (unpaired) electrons. The summed E-state index contributed by atoms with van der Waals surface area (Å²) in [5.41, 5.74) is 2.78. The molecule has 3 atom stereocenters. The third-order valence-electron chi connectivity index (χ3n) is 4.86. The van der Waals surface area contributed by atoms with Gasteiger partial charge in [0, 0.05) is 24.7 Å². The summed E-state index contributed by atoms with van der Waals surface area (Å²) in [6.45, 7) is 7.10. The third-order valence-corrected chi connectivity index (χ3v) is 4.86. The molecule has 2 fully saturated rings. The van der Waals surface area contributed by atoms with Gasteiger partial charge < -0.3 is 5.32 Å². The van der Waals surface area contributed by atoms with Gasteiger partial charge in [-0.3, -0.25) is 4.90 Å². The van der Waals surface area contributed by atoms with Crippen molar-refractivity contribution >= 4 is 0 Å². The number of nitrogens with zero attached hydrogens (tertiary/aromatic N) is 1. The van der Waals surface area contributed by atoms with Gasteiger partial charge in [-0.15, -0.1) is 0 Å². The lowest BCUT2D eigenvalue weighted by atomic mass is 9.97. The summed E-state index contributed by atoms with van der Waals surface area (Å²) >= 11 is 0. The molecule has 2 saturated heterocycles. The Balaban J connectivity index is 1.65. The predicted octanol–water partition coefficient (Wildman–Crippen LogP) is 3.27. The van der Waals surface area contributed by atoms with Crippen molar-refractivity contribution in [3.8, 4) is 0 Å². The van der Waals surface area contributed by atoms with Gasteiger partial charge in [-0.2, -0.15) is 0 Å². The number of fused-ring (bicyclic) bond motifs is 1. The van der Waals surface area contributed by atoms with Gasteiger partial charge in [0.05, 0.1) is 0 Å². The van der Waals surface area contributed by atoms with E-state index in [0.29, 0.717) is 12.1 Å². The molecule has 104 valence electrons. The van der Waals surface area contributed by atoms with Crippen LogP contribution in [0.15, 0.2) is 24.3 Å². The quantitative estimate of drug-likeness (QED) is 0.895. The Labute approximate surface area is 117 Å². The molecule has 2 heterocycles. The number of piperidine rings is 1. The van der Waals surface area contributed by atoms with Gasteiger partial charge in [-0.05, 0) is 45.2 Å². The highest BCUT2D eigenvalue weighted by atomic mass is 15.2. The number of nitrogens with one attached hydrogen (secondary N) is 1. The van der Waals surface area contributed by atoms with Crippen LogP contribution in [-0.4, -0.2) is 30.1 Å². The number of hydrogen-bond donors (Lipinski definition) is 1. The maximum absolute atomic E-state index is 3.88. The van der Waals surface area contributed by atoms with E-state index < -0.39 is 0 Å². The summed E-state index contributed by atoms with van der Waals surface area (Å²) < 4.78 is 0. The van der Waals surface area contributed by atoms with Crippen LogP contribution in [0, 0.1) is 6.92 Å². The van der Waals surface area contributed by atoms with Gasteiger partial charge in [0.15, 0.2) is 0 Å². The van der Waals surface area contributed by atoms with Crippen molar-refractivity contribution in [2.24, 2.45) is 0 Å². The largest absolute Gasteiger partial charge is 0.306 e. The van der Waals surface area contributed by atoms with E-state index in [1.54, 1.807) is 0 Å². The molecule has 0 spiro atoms. The minimum atomic E-state index is 0.465. The number of hydrogen-bond acceptors (Lipinski definition) is 2. The average Bonchev–Trinajstić information content (AvgIpc) is 2.82. The summed E-state index contributed by atoms with van der Waals surface area (Å²) in [4.78, 5) is 2.70. The third kappa shape index (κ3) is 2.85. The lowest BCUT2D eigenvalue weighted by Gasteiger charge is -2.34. The average molecular weight is 258 g/mol. The van der Waals surface area contributed by atoms with E-state index >= 15 is 0 Å². The van der Waals surface area contributed by atoms with Gasteiger partial charge >= 0.3 is 0 Å². The summed E-state index contributed by atoms with van der Waals surface area (Å²) in [6.07, 6.45) is 5.52. The Morgan fingerprint density at radius 2 is 2.11 bits per heavy atom. The molecule has 0 amide bonds. The molecule has 2 unspecified atom stereocenters. The lowest BCUT2D eigenvalue weighted by molar-refractivity contribution is 0.177. The van der Waals surface area contributed by atoms with Gasteiger partial charge in [0.1, 0.15) is 0 Å². The fraction of sp³-hybridized carbons (Fsp3) is 0.647. The smallest absolute Gasteiger partial charge is 0.0295 e. The molecule has 2 aliphatic heterocycles. The van der Waals surface area contributed by atoms with Crippen LogP contribution in [0.25, 0.3) is 0 Å². The summed E-state index contributed by atoms with van der Waals surface area (Å²) in [6, 6.07) is 10.9. The van der Waals surface area contributed by atoms with Crippen LogP contribution < -0.4 is 5.32 Å². The first-order valence-corrected chi connectivity index (χ1v) is 7.81. The SMILES string of the molecule is Cc1cccc([C@H](C)NC2CCN3CCCCC23)c1. The summed E-state index contributed by atoms with van der Waals surface area (Å²) in [5, 5.41) is 3.88. The molecular formula is C17H26N2. The fourth-order valence-electron chi connectivity index (χ4n) is 3.80. The first-order chi connectivity index (χ1) is 9.24. The standard InChI is InChI=1S/C17H26N2/c1-13-6-5-7-15(12-13)14(2)18-16-9-11-19-10-4-3-8-17(16)19/h5-7,12,14,16-18H,3-4,8-11H2,1-2H3/t14-,16?,17?/m0/s1. The summed E-state index contributed by atoms with van der Waals surface area (Å²) in [7, 11) is 0. The van der Waals surface area contributed by atoms with Gasteiger partial charge in [0.2, 0.25) is 0 Å². The zero-order valence-corrected chi connectivity index (χ0v) is 12.2. The monoisotopic (exact) mass is 258 g/mol. The van der Waals surface area contributed by atoms with Gasteiger partial charge in [-0.1, -0.05) is 36.2 Å². The van der Waals surface area contributed by atoms with Crippen molar-refractivity contribution in [1.82, 2.24) is 10.2 Å². The molecule has 0 bridgehead atoms. The molecule has 1 aromatic carbocycles. The predicted molar refractivity (Wildman–Crippen MR) is 80.3 cm³/mol. The van der Waals surface area contributed by atoms with Crippen molar-refractivity contribution in [1.29, 1.82) is 0 Å². The Kier molecular flexibility index (Phi) is 3.90. The molecule has 1 aromatic rings. The zero-order valence-electron chi connectivity index (χ0n) is 12.2. The Bertz CT molecular complexity index is 429. The zero-order chi connectivity index (χ0) is 13.2. The van der Waals surface area contributed by atoms with Crippen molar-refractivity contribution in [2.45, 2.75) is 57.7 Å². The second-order valence-corrected chi connectivity index (χ2v) is 6.30. The Morgan fingerprint density at radius 1 is 1.21 bits per heavy atom. The van der Waals surface area contributed by atoms with Crippen LogP contribution in [0.2, 0.25) is 0 Å². The first kappa shape index (κ1) is 13.1.